The Balaban J connectivity index is 1.87. The Morgan fingerprint density at radius 1 is 1.22 bits per heavy atom. The molecule has 0 saturated carbocycles. The zero-order valence-electron chi connectivity index (χ0n) is 15.6. The molecule has 136 valence electrons. The molecule has 0 atom stereocenters. The third-order valence-corrected chi connectivity index (χ3v) is 4.40. The predicted octanol–water partition coefficient (Wildman–Crippen LogP) is 4.22. The normalized spacial score (nSPS) is 11.3. The van der Waals surface area contributed by atoms with Gasteiger partial charge in [0, 0.05) is 17.1 Å². The molecule has 1 aromatic carbocycles. The fraction of sp³-hybridized carbons (Fsp3) is 0.182. The first kappa shape index (κ1) is 18.3. The van der Waals surface area contributed by atoms with Crippen LogP contribution in [0.5, 0.6) is 0 Å². The number of nitrogens with zero attached hydrogens (tertiary/aromatic N) is 2. The Labute approximate surface area is 158 Å². The summed E-state index contributed by atoms with van der Waals surface area (Å²) < 4.78 is 7.31. The van der Waals surface area contributed by atoms with Crippen LogP contribution in [0.1, 0.15) is 28.3 Å². The molecule has 0 saturated heterocycles. The molecule has 0 fully saturated rings. The molecule has 0 unspecified atom stereocenters. The summed E-state index contributed by atoms with van der Waals surface area (Å²) in [5.41, 5.74) is 5.16. The van der Waals surface area contributed by atoms with Crippen LogP contribution < -0.4 is 5.32 Å². The molecule has 0 aliphatic carbocycles. The molecule has 5 nitrogen and oxygen atoms in total. The van der Waals surface area contributed by atoms with Crippen molar-refractivity contribution in [2.45, 2.75) is 27.3 Å². The summed E-state index contributed by atoms with van der Waals surface area (Å²) in [5.74, 6) is 0.215. The van der Waals surface area contributed by atoms with E-state index in [9.17, 15) is 10.1 Å². The minimum atomic E-state index is -0.422. The van der Waals surface area contributed by atoms with Crippen LogP contribution in [0.25, 0.3) is 11.8 Å². The fourth-order valence-corrected chi connectivity index (χ4v) is 3.08. The molecule has 1 amide bonds. The van der Waals surface area contributed by atoms with E-state index in [1.165, 1.54) is 5.56 Å². The van der Waals surface area contributed by atoms with Crippen molar-refractivity contribution in [1.82, 2.24) is 9.88 Å². The van der Waals surface area contributed by atoms with E-state index in [-0.39, 0.29) is 12.1 Å². The minimum Gasteiger partial charge on any atom is -0.467 e. The van der Waals surface area contributed by atoms with Gasteiger partial charge in [0.15, 0.2) is 0 Å². The Morgan fingerprint density at radius 3 is 2.70 bits per heavy atom. The number of carbonyl (C=O) groups excluding carboxylic acids is 1. The molecule has 0 spiro atoms. The fourth-order valence-electron chi connectivity index (χ4n) is 3.08. The zero-order chi connectivity index (χ0) is 19.4. The van der Waals surface area contributed by atoms with Crippen LogP contribution in [0.2, 0.25) is 0 Å². The number of hydrogen-bond acceptors (Lipinski definition) is 3. The zero-order valence-corrected chi connectivity index (χ0v) is 15.6. The molecule has 5 heteroatoms. The van der Waals surface area contributed by atoms with Crippen molar-refractivity contribution in [3.63, 3.8) is 0 Å². The highest BCUT2D eigenvalue weighted by Crippen LogP contribution is 2.23. The van der Waals surface area contributed by atoms with Gasteiger partial charge in [-0.15, -0.1) is 0 Å². The van der Waals surface area contributed by atoms with Crippen molar-refractivity contribution in [2.24, 2.45) is 0 Å². The van der Waals surface area contributed by atoms with E-state index in [1.54, 1.807) is 24.5 Å². The van der Waals surface area contributed by atoms with Gasteiger partial charge in [-0.3, -0.25) is 4.79 Å². The topological polar surface area (TPSA) is 71.0 Å². The van der Waals surface area contributed by atoms with Crippen LogP contribution in [0, 0.1) is 32.1 Å². The van der Waals surface area contributed by atoms with Crippen molar-refractivity contribution in [3.8, 4) is 11.8 Å². The Morgan fingerprint density at radius 2 is 2.04 bits per heavy atom. The maximum Gasteiger partial charge on any atom is 0.262 e. The summed E-state index contributed by atoms with van der Waals surface area (Å²) in [7, 11) is 0. The first-order valence-electron chi connectivity index (χ1n) is 8.68. The van der Waals surface area contributed by atoms with Crippen molar-refractivity contribution < 1.29 is 9.21 Å². The number of hydrogen-bond donors (Lipinski definition) is 1. The molecule has 3 rings (SSSR count). The number of aryl methyl sites for hydroxylation is 2. The van der Waals surface area contributed by atoms with Gasteiger partial charge in [-0.25, -0.2) is 0 Å². The van der Waals surface area contributed by atoms with Gasteiger partial charge in [0.1, 0.15) is 17.4 Å². The maximum absolute atomic E-state index is 12.3. The summed E-state index contributed by atoms with van der Waals surface area (Å²) in [6.07, 6.45) is 3.18. The van der Waals surface area contributed by atoms with E-state index in [2.05, 4.69) is 28.9 Å². The van der Waals surface area contributed by atoms with Gasteiger partial charge in [-0.05, 0) is 68.3 Å². The summed E-state index contributed by atoms with van der Waals surface area (Å²) in [6, 6.07) is 15.7. The highest BCUT2D eigenvalue weighted by molar-refractivity contribution is 6.01. The van der Waals surface area contributed by atoms with Crippen molar-refractivity contribution >= 4 is 12.0 Å². The van der Waals surface area contributed by atoms with Crippen molar-refractivity contribution in [3.05, 3.63) is 82.6 Å². The molecule has 2 aromatic heterocycles. The minimum absolute atomic E-state index is 0.0612. The van der Waals surface area contributed by atoms with E-state index < -0.39 is 5.91 Å². The monoisotopic (exact) mass is 359 g/mol. The molecule has 27 heavy (non-hydrogen) atoms. The van der Waals surface area contributed by atoms with E-state index in [1.807, 2.05) is 38.1 Å². The summed E-state index contributed by atoms with van der Waals surface area (Å²) in [5, 5.41) is 12.1. The number of benzene rings is 1. The number of nitrogens with one attached hydrogen (secondary N) is 1. The number of aromatic nitrogens is 1. The number of furan rings is 1. The van der Waals surface area contributed by atoms with Gasteiger partial charge in [0.25, 0.3) is 5.91 Å². The third kappa shape index (κ3) is 4.01. The lowest BCUT2D eigenvalue weighted by molar-refractivity contribution is -0.117. The second kappa shape index (κ2) is 7.79. The van der Waals surface area contributed by atoms with Crippen LogP contribution in [0.15, 0.2) is 58.7 Å². The highest BCUT2D eigenvalue weighted by Gasteiger charge is 2.14. The average Bonchev–Trinajstić information content (AvgIpc) is 3.25. The number of amides is 1. The smallest absolute Gasteiger partial charge is 0.262 e. The SMILES string of the molecule is Cc1cccc(-n2c(C)cc(/C=C(/C#N)C(=O)NCc3ccco3)c2C)c1. The first-order valence-corrected chi connectivity index (χ1v) is 8.68. The molecular formula is C22H21N3O2. The van der Waals surface area contributed by atoms with Gasteiger partial charge in [-0.1, -0.05) is 12.1 Å². The molecular weight excluding hydrogens is 338 g/mol. The average molecular weight is 359 g/mol. The number of nitriles is 1. The van der Waals surface area contributed by atoms with Gasteiger partial charge < -0.3 is 14.3 Å². The first-order chi connectivity index (χ1) is 13.0. The molecule has 0 bridgehead atoms. The van der Waals surface area contributed by atoms with Gasteiger partial charge in [-0.2, -0.15) is 5.26 Å². The lowest BCUT2D eigenvalue weighted by Crippen LogP contribution is -2.23. The summed E-state index contributed by atoms with van der Waals surface area (Å²) >= 11 is 0. The largest absolute Gasteiger partial charge is 0.467 e. The highest BCUT2D eigenvalue weighted by atomic mass is 16.3. The quantitative estimate of drug-likeness (QED) is 0.548. The Hall–Kier alpha value is -3.52. The molecule has 0 aliphatic rings. The standard InChI is InChI=1S/C22H21N3O2/c1-15-6-4-7-20(10-15)25-16(2)11-18(17(25)3)12-19(13-23)22(26)24-14-21-8-5-9-27-21/h4-12H,14H2,1-3H3,(H,24,26)/b19-12-. The van der Waals surface area contributed by atoms with E-state index in [0.717, 1.165) is 22.6 Å². The van der Waals surface area contributed by atoms with Gasteiger partial charge in [0.05, 0.1) is 12.8 Å². The summed E-state index contributed by atoms with van der Waals surface area (Å²) in [4.78, 5) is 12.3. The van der Waals surface area contributed by atoms with Crippen LogP contribution in [-0.4, -0.2) is 10.5 Å². The second-order valence-corrected chi connectivity index (χ2v) is 6.43. The van der Waals surface area contributed by atoms with E-state index >= 15 is 0 Å². The van der Waals surface area contributed by atoms with Crippen LogP contribution in [-0.2, 0) is 11.3 Å². The predicted molar refractivity (Wildman–Crippen MR) is 104 cm³/mol. The van der Waals surface area contributed by atoms with E-state index in [0.29, 0.717) is 5.76 Å². The van der Waals surface area contributed by atoms with Crippen molar-refractivity contribution in [1.29, 1.82) is 5.26 Å². The molecule has 0 radical (unpaired) electrons. The van der Waals surface area contributed by atoms with Gasteiger partial charge >= 0.3 is 0 Å². The molecule has 2 heterocycles. The second-order valence-electron chi connectivity index (χ2n) is 6.43. The van der Waals surface area contributed by atoms with Crippen LogP contribution >= 0.6 is 0 Å². The Kier molecular flexibility index (Phi) is 5.28. The lowest BCUT2D eigenvalue weighted by Gasteiger charge is -2.10. The van der Waals surface area contributed by atoms with E-state index in [4.69, 9.17) is 4.42 Å². The van der Waals surface area contributed by atoms with Gasteiger partial charge in [0.2, 0.25) is 0 Å². The van der Waals surface area contributed by atoms with Crippen LogP contribution in [0.4, 0.5) is 0 Å². The van der Waals surface area contributed by atoms with Crippen LogP contribution in [0.3, 0.4) is 0 Å². The number of carbonyl (C=O) groups is 1. The molecule has 1 N–H and O–H groups in total. The van der Waals surface area contributed by atoms with Crippen molar-refractivity contribution in [2.75, 3.05) is 0 Å². The lowest BCUT2D eigenvalue weighted by atomic mass is 10.1. The Bertz CT molecular complexity index is 1030. The molecule has 3 aromatic rings. The summed E-state index contributed by atoms with van der Waals surface area (Å²) in [6.45, 7) is 6.29. The molecule has 0 aliphatic heterocycles. The third-order valence-electron chi connectivity index (χ3n) is 4.40. The maximum atomic E-state index is 12.3. The number of rotatable bonds is 5.